The quantitative estimate of drug-likeness (QED) is 0.869. The first kappa shape index (κ1) is 12.4. The van der Waals surface area contributed by atoms with E-state index in [4.69, 9.17) is 5.11 Å². The Balaban J connectivity index is 2.06. The molecule has 1 unspecified atom stereocenters. The first-order valence-corrected chi connectivity index (χ1v) is 6.57. The molecule has 0 saturated carbocycles. The Morgan fingerprint density at radius 3 is 2.94 bits per heavy atom. The Bertz CT molecular complexity index is 378. The summed E-state index contributed by atoms with van der Waals surface area (Å²) >= 11 is 0. The van der Waals surface area contributed by atoms with E-state index in [1.165, 1.54) is 19.3 Å². The van der Waals surface area contributed by atoms with E-state index in [1.807, 2.05) is 19.1 Å². The minimum atomic E-state index is 0.0809. The molecular formula is C14H22N2O. The summed E-state index contributed by atoms with van der Waals surface area (Å²) < 4.78 is 0. The van der Waals surface area contributed by atoms with Crippen molar-refractivity contribution in [1.82, 2.24) is 4.98 Å². The van der Waals surface area contributed by atoms with Crippen LogP contribution >= 0.6 is 0 Å². The van der Waals surface area contributed by atoms with Gasteiger partial charge in [-0.15, -0.1) is 0 Å². The summed E-state index contributed by atoms with van der Waals surface area (Å²) in [6, 6.07) is 4.03. The summed E-state index contributed by atoms with van der Waals surface area (Å²) in [6.45, 7) is 6.56. The third-order valence-electron chi connectivity index (χ3n) is 3.66. The Kier molecular flexibility index (Phi) is 4.00. The van der Waals surface area contributed by atoms with Crippen LogP contribution in [0.1, 0.15) is 37.4 Å². The normalized spacial score (nSPS) is 19.9. The van der Waals surface area contributed by atoms with Crippen LogP contribution in [0.5, 0.6) is 0 Å². The van der Waals surface area contributed by atoms with Gasteiger partial charge in [-0.2, -0.15) is 0 Å². The second kappa shape index (κ2) is 5.50. The van der Waals surface area contributed by atoms with Gasteiger partial charge in [0.2, 0.25) is 0 Å². The van der Waals surface area contributed by atoms with Crippen molar-refractivity contribution in [3.8, 4) is 0 Å². The highest BCUT2D eigenvalue weighted by atomic mass is 16.3. The van der Waals surface area contributed by atoms with Gasteiger partial charge in [0.25, 0.3) is 0 Å². The summed E-state index contributed by atoms with van der Waals surface area (Å²) in [5.74, 6) is 1.90. The summed E-state index contributed by atoms with van der Waals surface area (Å²) in [5.41, 5.74) is 1.88. The fraction of sp³-hybridized carbons (Fsp3) is 0.643. The first-order chi connectivity index (χ1) is 8.24. The molecule has 0 amide bonds. The number of hydrogen-bond donors (Lipinski definition) is 1. The van der Waals surface area contributed by atoms with Crippen LogP contribution in [0.4, 0.5) is 5.82 Å². The molecule has 1 aromatic heterocycles. The highest BCUT2D eigenvalue weighted by molar-refractivity contribution is 5.42. The zero-order valence-electron chi connectivity index (χ0n) is 10.8. The molecule has 0 bridgehead atoms. The monoisotopic (exact) mass is 234 g/mol. The van der Waals surface area contributed by atoms with Gasteiger partial charge in [0, 0.05) is 18.8 Å². The van der Waals surface area contributed by atoms with E-state index in [-0.39, 0.29) is 6.61 Å². The lowest BCUT2D eigenvalue weighted by Crippen LogP contribution is -2.21. The SMILES string of the molecule is CCCC1CCN(c2ccc(CO)c(C)n2)C1. The largest absolute Gasteiger partial charge is 0.392 e. The van der Waals surface area contributed by atoms with Crippen LogP contribution < -0.4 is 4.90 Å². The Hall–Kier alpha value is -1.09. The number of nitrogens with zero attached hydrogens (tertiary/aromatic N) is 2. The van der Waals surface area contributed by atoms with Gasteiger partial charge in [-0.3, -0.25) is 0 Å². The third-order valence-corrected chi connectivity index (χ3v) is 3.66. The lowest BCUT2D eigenvalue weighted by molar-refractivity contribution is 0.280. The average Bonchev–Trinajstić information content (AvgIpc) is 2.78. The molecule has 0 spiro atoms. The molecule has 17 heavy (non-hydrogen) atoms. The highest BCUT2D eigenvalue weighted by Gasteiger charge is 2.22. The standard InChI is InChI=1S/C14H22N2O/c1-3-4-12-7-8-16(9-12)14-6-5-13(10-17)11(2)15-14/h5-6,12,17H,3-4,7-10H2,1-2H3. The summed E-state index contributed by atoms with van der Waals surface area (Å²) in [7, 11) is 0. The molecule has 1 N–H and O–H groups in total. The molecule has 1 aliphatic heterocycles. The van der Waals surface area contributed by atoms with Gasteiger partial charge in [-0.25, -0.2) is 4.98 Å². The maximum absolute atomic E-state index is 9.13. The van der Waals surface area contributed by atoms with Crippen molar-refractivity contribution in [2.45, 2.75) is 39.7 Å². The second-order valence-corrected chi connectivity index (χ2v) is 4.96. The Labute approximate surface area is 103 Å². The van der Waals surface area contributed by atoms with Crippen molar-refractivity contribution in [2.75, 3.05) is 18.0 Å². The number of hydrogen-bond acceptors (Lipinski definition) is 3. The van der Waals surface area contributed by atoms with Gasteiger partial charge >= 0.3 is 0 Å². The smallest absolute Gasteiger partial charge is 0.128 e. The zero-order valence-corrected chi connectivity index (χ0v) is 10.8. The minimum Gasteiger partial charge on any atom is -0.392 e. The van der Waals surface area contributed by atoms with Crippen molar-refractivity contribution >= 4 is 5.82 Å². The highest BCUT2D eigenvalue weighted by Crippen LogP contribution is 2.25. The fourth-order valence-electron chi connectivity index (χ4n) is 2.60. The maximum Gasteiger partial charge on any atom is 0.128 e. The molecule has 2 heterocycles. The van der Waals surface area contributed by atoms with E-state index >= 15 is 0 Å². The number of aliphatic hydroxyl groups is 1. The van der Waals surface area contributed by atoms with Gasteiger partial charge in [0.05, 0.1) is 6.61 Å². The number of aromatic nitrogens is 1. The molecule has 2 rings (SSSR count). The summed E-state index contributed by atoms with van der Waals surface area (Å²) in [5, 5.41) is 9.13. The van der Waals surface area contributed by atoms with Crippen molar-refractivity contribution in [1.29, 1.82) is 0 Å². The predicted octanol–water partition coefficient (Wildman–Crippen LogP) is 2.51. The van der Waals surface area contributed by atoms with Crippen LogP contribution in [0.3, 0.4) is 0 Å². The lowest BCUT2D eigenvalue weighted by Gasteiger charge is -2.18. The van der Waals surface area contributed by atoms with Crippen LogP contribution in [0.2, 0.25) is 0 Å². The molecule has 94 valence electrons. The molecule has 0 aromatic carbocycles. The molecule has 1 aliphatic rings. The van der Waals surface area contributed by atoms with E-state index in [0.29, 0.717) is 0 Å². The lowest BCUT2D eigenvalue weighted by atomic mass is 10.0. The number of rotatable bonds is 4. The molecule has 3 heteroatoms. The summed E-state index contributed by atoms with van der Waals surface area (Å²) in [4.78, 5) is 6.96. The predicted molar refractivity (Wildman–Crippen MR) is 70.1 cm³/mol. The molecule has 1 fully saturated rings. The number of aliphatic hydroxyl groups excluding tert-OH is 1. The maximum atomic E-state index is 9.13. The van der Waals surface area contributed by atoms with Crippen LogP contribution in [0.15, 0.2) is 12.1 Å². The molecule has 1 atom stereocenters. The zero-order chi connectivity index (χ0) is 12.3. The number of aryl methyl sites for hydroxylation is 1. The van der Waals surface area contributed by atoms with Gasteiger partial charge in [-0.05, 0) is 37.3 Å². The van der Waals surface area contributed by atoms with E-state index in [9.17, 15) is 0 Å². The Morgan fingerprint density at radius 2 is 2.29 bits per heavy atom. The topological polar surface area (TPSA) is 36.4 Å². The first-order valence-electron chi connectivity index (χ1n) is 6.57. The number of pyridine rings is 1. The Morgan fingerprint density at radius 1 is 1.47 bits per heavy atom. The molecule has 1 aromatic rings. The van der Waals surface area contributed by atoms with Crippen molar-refractivity contribution < 1.29 is 5.11 Å². The van der Waals surface area contributed by atoms with Crippen molar-refractivity contribution in [3.05, 3.63) is 23.4 Å². The minimum absolute atomic E-state index is 0.0809. The molecular weight excluding hydrogens is 212 g/mol. The van der Waals surface area contributed by atoms with Gasteiger partial charge in [0.15, 0.2) is 0 Å². The molecule has 1 saturated heterocycles. The number of anilines is 1. The van der Waals surface area contributed by atoms with E-state index in [0.717, 1.165) is 36.1 Å². The van der Waals surface area contributed by atoms with Crippen molar-refractivity contribution in [2.24, 2.45) is 5.92 Å². The van der Waals surface area contributed by atoms with Gasteiger partial charge in [-0.1, -0.05) is 19.4 Å². The van der Waals surface area contributed by atoms with Crippen LogP contribution in [0.25, 0.3) is 0 Å². The van der Waals surface area contributed by atoms with Crippen molar-refractivity contribution in [3.63, 3.8) is 0 Å². The van der Waals surface area contributed by atoms with Crippen LogP contribution in [0, 0.1) is 12.8 Å². The van der Waals surface area contributed by atoms with E-state index in [2.05, 4.69) is 16.8 Å². The van der Waals surface area contributed by atoms with Crippen LogP contribution in [-0.2, 0) is 6.61 Å². The van der Waals surface area contributed by atoms with E-state index in [1.54, 1.807) is 0 Å². The second-order valence-electron chi connectivity index (χ2n) is 4.96. The van der Waals surface area contributed by atoms with E-state index < -0.39 is 0 Å². The third kappa shape index (κ3) is 2.78. The van der Waals surface area contributed by atoms with Crippen LogP contribution in [-0.4, -0.2) is 23.2 Å². The average molecular weight is 234 g/mol. The molecule has 3 nitrogen and oxygen atoms in total. The summed E-state index contributed by atoms with van der Waals surface area (Å²) in [6.07, 6.45) is 3.88. The fourth-order valence-corrected chi connectivity index (χ4v) is 2.60. The van der Waals surface area contributed by atoms with Gasteiger partial charge in [0.1, 0.15) is 5.82 Å². The molecule has 0 aliphatic carbocycles. The van der Waals surface area contributed by atoms with Gasteiger partial charge < -0.3 is 10.0 Å². The molecule has 0 radical (unpaired) electrons.